The number of nitrogens with one attached hydrogen (secondary N) is 1. The van der Waals surface area contributed by atoms with Gasteiger partial charge in [-0.25, -0.2) is 5.01 Å². The van der Waals surface area contributed by atoms with Crippen molar-refractivity contribution in [2.45, 2.75) is 84.4 Å². The zero-order chi connectivity index (χ0) is 23.4. The van der Waals surface area contributed by atoms with Crippen molar-refractivity contribution in [1.29, 1.82) is 0 Å². The average Bonchev–Trinajstić information content (AvgIpc) is 2.98. The van der Waals surface area contributed by atoms with Crippen LogP contribution in [0.4, 0.5) is 13.2 Å². The number of aryl methyl sites for hydroxylation is 1. The smallest absolute Gasteiger partial charge is 0.287 e. The lowest BCUT2D eigenvalue weighted by molar-refractivity contribution is -0.191. The molecule has 1 aliphatic heterocycles. The summed E-state index contributed by atoms with van der Waals surface area (Å²) in [7, 11) is 0. The van der Waals surface area contributed by atoms with Gasteiger partial charge in [0.1, 0.15) is 0 Å². The lowest BCUT2D eigenvalue weighted by Gasteiger charge is -2.30. The molecule has 0 bridgehead atoms. The molecule has 1 aliphatic rings. The molecule has 3 rings (SSSR count). The topological polar surface area (TPSA) is 32.3 Å². The van der Waals surface area contributed by atoms with Gasteiger partial charge >= 0.3 is 6.18 Å². The number of hydrogen-bond acceptors (Lipinski definition) is 2. The van der Waals surface area contributed by atoms with Crippen LogP contribution in [0.5, 0.6) is 0 Å². The summed E-state index contributed by atoms with van der Waals surface area (Å²) in [6.45, 7) is 5.54. The molecular weight excluding hydrogens is 413 g/mol. The van der Waals surface area contributed by atoms with Gasteiger partial charge in [0.25, 0.3) is 0 Å². The van der Waals surface area contributed by atoms with Crippen LogP contribution < -0.4 is 5.43 Å². The minimum absolute atomic E-state index is 0.00272. The van der Waals surface area contributed by atoms with E-state index in [0.29, 0.717) is 5.39 Å². The lowest BCUT2D eigenvalue weighted by Crippen LogP contribution is -2.43. The maximum absolute atomic E-state index is 14.2. The van der Waals surface area contributed by atoms with Gasteiger partial charge in [-0.05, 0) is 48.6 Å². The number of benzene rings is 2. The Hall–Kier alpha value is -2.08. The molecule has 2 aromatic carbocycles. The maximum Gasteiger partial charge on any atom is 0.409 e. The highest BCUT2D eigenvalue weighted by Crippen LogP contribution is 2.42. The first-order chi connectivity index (χ1) is 15.1. The minimum Gasteiger partial charge on any atom is -0.287 e. The fraction of sp³-hybridized carbons (Fsp3) is 0.577. The second-order valence-electron chi connectivity index (χ2n) is 9.67. The summed E-state index contributed by atoms with van der Waals surface area (Å²) in [5.74, 6) is -0.385. The molecule has 0 spiro atoms. The predicted octanol–water partition coefficient (Wildman–Crippen LogP) is 7.11. The molecule has 32 heavy (non-hydrogen) atoms. The number of carbonyl (C=O) groups is 1. The van der Waals surface area contributed by atoms with Gasteiger partial charge in [-0.3, -0.25) is 10.2 Å². The van der Waals surface area contributed by atoms with Gasteiger partial charge in [0.05, 0.1) is 5.41 Å². The van der Waals surface area contributed by atoms with Crippen LogP contribution in [0.1, 0.15) is 82.9 Å². The molecule has 1 N–H and O–H groups in total. The second-order valence-corrected chi connectivity index (χ2v) is 9.67. The molecule has 1 saturated heterocycles. The number of carbonyl (C=O) groups excluding carboxylic acids is 1. The van der Waals surface area contributed by atoms with Gasteiger partial charge in [-0.15, -0.1) is 0 Å². The zero-order valence-corrected chi connectivity index (χ0v) is 19.4. The van der Waals surface area contributed by atoms with Crippen LogP contribution in [-0.2, 0) is 11.2 Å². The third-order valence-corrected chi connectivity index (χ3v) is 6.39. The van der Waals surface area contributed by atoms with Crippen LogP contribution in [0.2, 0.25) is 0 Å². The number of hydrazine groups is 1. The Labute approximate surface area is 189 Å². The van der Waals surface area contributed by atoms with Crippen molar-refractivity contribution in [2.75, 3.05) is 6.54 Å². The Morgan fingerprint density at radius 3 is 2.34 bits per heavy atom. The fourth-order valence-electron chi connectivity index (χ4n) is 4.53. The van der Waals surface area contributed by atoms with Crippen LogP contribution in [0, 0.1) is 5.41 Å². The Morgan fingerprint density at radius 2 is 1.72 bits per heavy atom. The van der Waals surface area contributed by atoms with Crippen molar-refractivity contribution in [3.05, 3.63) is 47.5 Å². The number of amides is 1. The van der Waals surface area contributed by atoms with Gasteiger partial charge in [-0.1, -0.05) is 81.8 Å². The van der Waals surface area contributed by atoms with E-state index >= 15 is 0 Å². The highest BCUT2D eigenvalue weighted by molar-refractivity contribution is 5.87. The quantitative estimate of drug-likeness (QED) is 0.393. The first-order valence-electron chi connectivity index (χ1n) is 11.8. The van der Waals surface area contributed by atoms with Crippen LogP contribution in [-0.4, -0.2) is 23.6 Å². The molecule has 3 nitrogen and oxygen atoms in total. The number of unbranched alkanes of at least 4 members (excludes halogenated alkanes) is 6. The largest absolute Gasteiger partial charge is 0.409 e. The van der Waals surface area contributed by atoms with E-state index in [-0.39, 0.29) is 18.0 Å². The SMILES string of the molecule is CCCCCCCCCc1ccc2c(C(N3CC(C)(C)C(=O)N3)C(F)(F)F)cccc2c1. The van der Waals surface area contributed by atoms with E-state index in [1.54, 1.807) is 19.9 Å². The molecule has 176 valence electrons. The number of fused-ring (bicyclic) bond motifs is 1. The van der Waals surface area contributed by atoms with Crippen molar-refractivity contribution in [1.82, 2.24) is 10.4 Å². The number of halogens is 3. The van der Waals surface area contributed by atoms with Gasteiger partial charge in [-0.2, -0.15) is 13.2 Å². The lowest BCUT2D eigenvalue weighted by atomic mass is 9.92. The molecule has 1 amide bonds. The van der Waals surface area contributed by atoms with E-state index in [4.69, 9.17) is 0 Å². The second kappa shape index (κ2) is 10.2. The van der Waals surface area contributed by atoms with E-state index in [1.807, 2.05) is 24.3 Å². The molecule has 0 aliphatic carbocycles. The van der Waals surface area contributed by atoms with Crippen LogP contribution in [0.15, 0.2) is 36.4 Å². The summed E-state index contributed by atoms with van der Waals surface area (Å²) >= 11 is 0. The highest BCUT2D eigenvalue weighted by atomic mass is 19.4. The van der Waals surface area contributed by atoms with E-state index < -0.39 is 17.6 Å². The Kier molecular flexibility index (Phi) is 7.86. The molecular formula is C26H35F3N2O. The van der Waals surface area contributed by atoms with Crippen molar-refractivity contribution in [3.63, 3.8) is 0 Å². The molecule has 1 heterocycles. The van der Waals surface area contributed by atoms with Gasteiger partial charge in [0.2, 0.25) is 5.91 Å². The van der Waals surface area contributed by atoms with Crippen molar-refractivity contribution < 1.29 is 18.0 Å². The van der Waals surface area contributed by atoms with Gasteiger partial charge in [0, 0.05) is 6.54 Å². The van der Waals surface area contributed by atoms with E-state index in [0.717, 1.165) is 28.8 Å². The van der Waals surface area contributed by atoms with Crippen molar-refractivity contribution in [3.8, 4) is 0 Å². The normalized spacial score (nSPS) is 17.6. The average molecular weight is 449 g/mol. The molecule has 1 unspecified atom stereocenters. The molecule has 0 aromatic heterocycles. The van der Waals surface area contributed by atoms with Crippen LogP contribution in [0.3, 0.4) is 0 Å². The van der Waals surface area contributed by atoms with Crippen LogP contribution in [0.25, 0.3) is 10.8 Å². The first-order valence-corrected chi connectivity index (χ1v) is 11.8. The zero-order valence-electron chi connectivity index (χ0n) is 19.4. The van der Waals surface area contributed by atoms with Crippen molar-refractivity contribution in [2.24, 2.45) is 5.41 Å². The fourth-order valence-corrected chi connectivity index (χ4v) is 4.53. The number of rotatable bonds is 10. The third kappa shape index (κ3) is 5.83. The summed E-state index contributed by atoms with van der Waals surface area (Å²) in [5, 5.41) is 2.43. The summed E-state index contributed by atoms with van der Waals surface area (Å²) in [4.78, 5) is 12.2. The van der Waals surface area contributed by atoms with E-state index in [2.05, 4.69) is 12.3 Å². The molecule has 1 fully saturated rings. The van der Waals surface area contributed by atoms with Gasteiger partial charge < -0.3 is 0 Å². The molecule has 0 radical (unpaired) electrons. The summed E-state index contributed by atoms with van der Waals surface area (Å²) in [6, 6.07) is 8.95. The van der Waals surface area contributed by atoms with E-state index in [1.165, 1.54) is 44.6 Å². The Morgan fingerprint density at radius 1 is 1.03 bits per heavy atom. The predicted molar refractivity (Wildman–Crippen MR) is 123 cm³/mol. The van der Waals surface area contributed by atoms with Crippen LogP contribution >= 0.6 is 0 Å². The third-order valence-electron chi connectivity index (χ3n) is 6.39. The number of nitrogens with zero attached hydrogens (tertiary/aromatic N) is 1. The highest BCUT2D eigenvalue weighted by Gasteiger charge is 2.51. The van der Waals surface area contributed by atoms with Crippen molar-refractivity contribution >= 4 is 16.7 Å². The van der Waals surface area contributed by atoms with Gasteiger partial charge in [0.15, 0.2) is 6.04 Å². The van der Waals surface area contributed by atoms with E-state index in [9.17, 15) is 18.0 Å². The monoisotopic (exact) mass is 448 g/mol. The first kappa shape index (κ1) is 24.6. The molecule has 0 saturated carbocycles. The maximum atomic E-state index is 14.2. The number of alkyl halides is 3. The standard InChI is InChI=1S/C26H35F3N2O/c1-4-5-6-7-8-9-10-12-19-15-16-21-20(17-19)13-11-14-22(21)23(26(27,28)29)31-18-25(2,3)24(32)30-31/h11,13-17,23H,4-10,12,18H2,1-3H3,(H,30,32). The molecule has 1 atom stereocenters. The Bertz CT molecular complexity index is 923. The molecule has 6 heteroatoms. The minimum atomic E-state index is -4.52. The summed E-state index contributed by atoms with van der Waals surface area (Å²) in [5.41, 5.74) is 2.92. The number of hydrogen-bond donors (Lipinski definition) is 1. The molecule has 2 aromatic rings. The summed E-state index contributed by atoms with van der Waals surface area (Å²) in [6.07, 6.45) is 5.05. The summed E-state index contributed by atoms with van der Waals surface area (Å²) < 4.78 is 42.5. The Balaban J connectivity index is 1.77.